The van der Waals surface area contributed by atoms with E-state index in [9.17, 15) is 22.0 Å². The zero-order chi connectivity index (χ0) is 20.6. The maximum absolute atomic E-state index is 13.2. The van der Waals surface area contributed by atoms with Gasteiger partial charge < -0.3 is 4.74 Å². The lowest BCUT2D eigenvalue weighted by molar-refractivity contribution is -0.137. The van der Waals surface area contributed by atoms with Gasteiger partial charge in [-0.1, -0.05) is 35.6 Å². The number of halogens is 5. The van der Waals surface area contributed by atoms with Crippen LogP contribution >= 0.6 is 11.3 Å². The van der Waals surface area contributed by atoms with Crippen molar-refractivity contribution in [2.75, 3.05) is 0 Å². The first kappa shape index (κ1) is 19.3. The van der Waals surface area contributed by atoms with Crippen LogP contribution in [0.25, 0.3) is 21.3 Å². The van der Waals surface area contributed by atoms with E-state index in [1.807, 2.05) is 18.2 Å². The van der Waals surface area contributed by atoms with E-state index in [0.717, 1.165) is 22.9 Å². The number of hydrogen-bond acceptors (Lipinski definition) is 3. The molecule has 3 aromatic carbocycles. The third kappa shape index (κ3) is 4.07. The summed E-state index contributed by atoms with van der Waals surface area (Å²) >= 11 is 1.25. The standard InChI is InChI=1S/C21H12F5NOS/c22-19(23)13-8-9-17(28-20-27-16-6-1-2-7-18(16)29-20)15(11-13)12-4-3-5-14(10-12)21(24,25)26/h1-11,19H. The molecule has 0 fully saturated rings. The maximum Gasteiger partial charge on any atom is 0.416 e. The van der Waals surface area contributed by atoms with E-state index in [1.54, 1.807) is 6.07 Å². The van der Waals surface area contributed by atoms with Crippen LogP contribution in [0, 0.1) is 0 Å². The maximum atomic E-state index is 13.2. The van der Waals surface area contributed by atoms with Crippen molar-refractivity contribution < 1.29 is 26.7 Å². The first-order chi connectivity index (χ1) is 13.8. The first-order valence-electron chi connectivity index (χ1n) is 8.44. The van der Waals surface area contributed by atoms with Gasteiger partial charge in [0.1, 0.15) is 5.75 Å². The van der Waals surface area contributed by atoms with Crippen molar-refractivity contribution >= 4 is 21.6 Å². The summed E-state index contributed by atoms with van der Waals surface area (Å²) in [5.74, 6) is 0.146. The third-order valence-corrected chi connectivity index (χ3v) is 5.14. The molecule has 0 spiro atoms. The molecule has 0 unspecified atom stereocenters. The molecule has 0 aliphatic carbocycles. The van der Waals surface area contributed by atoms with Crippen LogP contribution in [0.5, 0.6) is 10.9 Å². The Bertz CT molecular complexity index is 1140. The van der Waals surface area contributed by atoms with Crippen molar-refractivity contribution in [3.8, 4) is 22.1 Å². The Morgan fingerprint density at radius 2 is 1.69 bits per heavy atom. The average molecular weight is 421 g/mol. The first-order valence-corrected chi connectivity index (χ1v) is 9.26. The van der Waals surface area contributed by atoms with Crippen molar-refractivity contribution in [3.63, 3.8) is 0 Å². The summed E-state index contributed by atoms with van der Waals surface area (Å²) in [5.41, 5.74) is -0.221. The number of hydrogen-bond donors (Lipinski definition) is 0. The van der Waals surface area contributed by atoms with Gasteiger partial charge in [-0.2, -0.15) is 13.2 Å². The molecule has 1 heterocycles. The van der Waals surface area contributed by atoms with Gasteiger partial charge in [0, 0.05) is 11.1 Å². The minimum absolute atomic E-state index is 0.124. The summed E-state index contributed by atoms with van der Waals surface area (Å²) in [4.78, 5) is 4.33. The second-order valence-corrected chi connectivity index (χ2v) is 7.18. The number of thiazole rings is 1. The van der Waals surface area contributed by atoms with Crippen LogP contribution < -0.4 is 4.74 Å². The molecule has 0 saturated heterocycles. The minimum atomic E-state index is -4.55. The Kier molecular flexibility index (Phi) is 4.96. The summed E-state index contributed by atoms with van der Waals surface area (Å²) in [6, 6.07) is 15.5. The Hall–Kier alpha value is -3.00. The number of fused-ring (bicyclic) bond motifs is 1. The van der Waals surface area contributed by atoms with Gasteiger partial charge in [-0.05, 0) is 48.0 Å². The van der Waals surface area contributed by atoms with Gasteiger partial charge in [-0.15, -0.1) is 0 Å². The normalized spacial score (nSPS) is 11.9. The lowest BCUT2D eigenvalue weighted by Crippen LogP contribution is -2.04. The molecule has 0 radical (unpaired) electrons. The molecule has 0 aliphatic rings. The summed E-state index contributed by atoms with van der Waals surface area (Å²) in [6.45, 7) is 0. The van der Waals surface area contributed by atoms with Crippen molar-refractivity contribution in [2.24, 2.45) is 0 Å². The molecule has 4 rings (SSSR count). The highest BCUT2D eigenvalue weighted by Crippen LogP contribution is 2.40. The zero-order valence-corrected chi connectivity index (χ0v) is 15.4. The lowest BCUT2D eigenvalue weighted by Gasteiger charge is -2.13. The van der Waals surface area contributed by atoms with E-state index in [-0.39, 0.29) is 27.6 Å². The van der Waals surface area contributed by atoms with Gasteiger partial charge in [0.15, 0.2) is 0 Å². The van der Waals surface area contributed by atoms with E-state index >= 15 is 0 Å². The predicted octanol–water partition coefficient (Wildman–Crippen LogP) is 7.71. The Morgan fingerprint density at radius 1 is 0.897 bits per heavy atom. The van der Waals surface area contributed by atoms with E-state index in [4.69, 9.17) is 4.74 Å². The Balaban J connectivity index is 1.80. The zero-order valence-electron chi connectivity index (χ0n) is 14.6. The van der Waals surface area contributed by atoms with Crippen molar-refractivity contribution in [1.82, 2.24) is 4.98 Å². The number of rotatable bonds is 4. The largest absolute Gasteiger partial charge is 0.430 e. The van der Waals surface area contributed by atoms with Crippen LogP contribution in [-0.4, -0.2) is 4.98 Å². The molecule has 0 saturated carbocycles. The number of nitrogens with zero attached hydrogens (tertiary/aromatic N) is 1. The molecule has 0 aliphatic heterocycles. The number of aromatic nitrogens is 1. The Morgan fingerprint density at radius 3 is 2.41 bits per heavy atom. The fourth-order valence-electron chi connectivity index (χ4n) is 2.85. The fraction of sp³-hybridized carbons (Fsp3) is 0.0952. The molecule has 4 aromatic rings. The summed E-state index contributed by atoms with van der Waals surface area (Å²) in [5, 5.41) is 0.268. The molecule has 2 nitrogen and oxygen atoms in total. The molecular formula is C21H12F5NOS. The molecule has 29 heavy (non-hydrogen) atoms. The summed E-state index contributed by atoms with van der Waals surface area (Å²) < 4.78 is 72.3. The van der Waals surface area contributed by atoms with Crippen LogP contribution in [0.3, 0.4) is 0 Å². The molecule has 0 N–H and O–H groups in total. The van der Waals surface area contributed by atoms with Gasteiger partial charge >= 0.3 is 6.18 Å². The highest BCUT2D eigenvalue weighted by molar-refractivity contribution is 7.20. The predicted molar refractivity (Wildman–Crippen MR) is 102 cm³/mol. The quantitative estimate of drug-likeness (QED) is 0.315. The highest BCUT2D eigenvalue weighted by Gasteiger charge is 2.30. The molecule has 148 valence electrons. The average Bonchev–Trinajstić information content (AvgIpc) is 3.10. The van der Waals surface area contributed by atoms with Crippen LogP contribution in [0.15, 0.2) is 66.7 Å². The molecule has 0 atom stereocenters. The fourth-order valence-corrected chi connectivity index (χ4v) is 3.68. The highest BCUT2D eigenvalue weighted by atomic mass is 32.1. The second-order valence-electron chi connectivity index (χ2n) is 6.18. The van der Waals surface area contributed by atoms with Gasteiger partial charge in [0.05, 0.1) is 15.8 Å². The van der Waals surface area contributed by atoms with Gasteiger partial charge in [-0.25, -0.2) is 13.8 Å². The van der Waals surface area contributed by atoms with Crippen molar-refractivity contribution in [3.05, 3.63) is 77.9 Å². The molecule has 8 heteroatoms. The summed E-state index contributed by atoms with van der Waals surface area (Å²) in [7, 11) is 0. The van der Waals surface area contributed by atoms with E-state index < -0.39 is 18.2 Å². The van der Waals surface area contributed by atoms with E-state index in [1.165, 1.54) is 35.6 Å². The topological polar surface area (TPSA) is 22.1 Å². The van der Waals surface area contributed by atoms with E-state index in [0.29, 0.717) is 5.52 Å². The van der Waals surface area contributed by atoms with Gasteiger partial charge in [0.2, 0.25) is 0 Å². The smallest absolute Gasteiger partial charge is 0.416 e. The SMILES string of the molecule is FC(F)c1ccc(Oc2nc3ccccc3s2)c(-c2cccc(C(F)(F)F)c2)c1. The van der Waals surface area contributed by atoms with Gasteiger partial charge in [0.25, 0.3) is 11.6 Å². The lowest BCUT2D eigenvalue weighted by atomic mass is 10.00. The molecule has 1 aromatic heterocycles. The van der Waals surface area contributed by atoms with Crippen LogP contribution in [0.1, 0.15) is 17.6 Å². The van der Waals surface area contributed by atoms with Crippen LogP contribution in [0.2, 0.25) is 0 Å². The molecular weight excluding hydrogens is 409 g/mol. The third-order valence-electron chi connectivity index (χ3n) is 4.23. The Labute approximate surface area is 166 Å². The second kappa shape index (κ2) is 7.44. The number of ether oxygens (including phenoxy) is 1. The van der Waals surface area contributed by atoms with Crippen LogP contribution in [0.4, 0.5) is 22.0 Å². The molecule has 0 bridgehead atoms. The van der Waals surface area contributed by atoms with Crippen LogP contribution in [-0.2, 0) is 6.18 Å². The number of alkyl halides is 5. The van der Waals surface area contributed by atoms with Gasteiger partial charge in [-0.3, -0.25) is 0 Å². The van der Waals surface area contributed by atoms with Crippen molar-refractivity contribution in [2.45, 2.75) is 12.6 Å². The number of para-hydroxylation sites is 1. The number of benzene rings is 3. The van der Waals surface area contributed by atoms with E-state index in [2.05, 4.69) is 4.98 Å². The summed E-state index contributed by atoms with van der Waals surface area (Å²) in [6.07, 6.45) is -7.32. The minimum Gasteiger partial charge on any atom is -0.430 e. The molecule has 0 amide bonds. The van der Waals surface area contributed by atoms with Crippen molar-refractivity contribution in [1.29, 1.82) is 0 Å². The monoisotopic (exact) mass is 421 g/mol.